The Morgan fingerprint density at radius 3 is 2.00 bits per heavy atom. The summed E-state index contributed by atoms with van der Waals surface area (Å²) in [6.07, 6.45) is 1.45. The Hall–Kier alpha value is -2.53. The van der Waals surface area contributed by atoms with Crippen molar-refractivity contribution in [2.24, 2.45) is 0 Å². The molecule has 5 heteroatoms. The Kier molecular flexibility index (Phi) is 6.71. The van der Waals surface area contributed by atoms with Crippen molar-refractivity contribution >= 4 is 5.91 Å². The van der Waals surface area contributed by atoms with Gasteiger partial charge in [-0.2, -0.15) is 0 Å². The Labute approximate surface area is 161 Å². The number of carbonyl (C=O) groups is 1. The molecule has 5 nitrogen and oxygen atoms in total. The van der Waals surface area contributed by atoms with Crippen LogP contribution in [0.5, 0.6) is 11.5 Å². The van der Waals surface area contributed by atoms with Gasteiger partial charge in [0.15, 0.2) is 0 Å². The van der Waals surface area contributed by atoms with Crippen molar-refractivity contribution in [1.29, 1.82) is 0 Å². The number of carbonyl (C=O) groups excluding carboxylic acids is 1. The Morgan fingerprint density at radius 2 is 1.41 bits per heavy atom. The second-order valence-corrected chi connectivity index (χ2v) is 6.88. The number of nitrogens with zero attached hydrogens (tertiary/aromatic N) is 2. The highest BCUT2D eigenvalue weighted by molar-refractivity contribution is 5.78. The van der Waals surface area contributed by atoms with Gasteiger partial charge in [-0.1, -0.05) is 24.3 Å². The molecule has 0 saturated carbocycles. The summed E-state index contributed by atoms with van der Waals surface area (Å²) < 4.78 is 10.4. The van der Waals surface area contributed by atoms with Crippen LogP contribution in [0.1, 0.15) is 17.5 Å². The number of rotatable bonds is 6. The lowest BCUT2D eigenvalue weighted by molar-refractivity contribution is -0.130. The summed E-state index contributed by atoms with van der Waals surface area (Å²) in [5, 5.41) is 0. The van der Waals surface area contributed by atoms with Crippen molar-refractivity contribution in [2.45, 2.75) is 19.4 Å². The molecule has 0 radical (unpaired) electrons. The Balaban J connectivity index is 1.51. The number of hydrogen-bond acceptors (Lipinski definition) is 4. The van der Waals surface area contributed by atoms with Gasteiger partial charge >= 0.3 is 0 Å². The second kappa shape index (κ2) is 9.42. The summed E-state index contributed by atoms with van der Waals surface area (Å²) >= 11 is 0. The van der Waals surface area contributed by atoms with Crippen LogP contribution in [-0.2, 0) is 17.8 Å². The van der Waals surface area contributed by atoms with E-state index in [1.54, 1.807) is 14.2 Å². The number of ether oxygens (including phenoxy) is 2. The third-order valence-electron chi connectivity index (χ3n) is 5.02. The fourth-order valence-electron chi connectivity index (χ4n) is 3.40. The lowest BCUT2D eigenvalue weighted by Crippen LogP contribution is -2.36. The minimum Gasteiger partial charge on any atom is -0.497 e. The van der Waals surface area contributed by atoms with E-state index in [9.17, 15) is 4.79 Å². The molecule has 0 bridgehead atoms. The highest BCUT2D eigenvalue weighted by atomic mass is 16.5. The highest BCUT2D eigenvalue weighted by Gasteiger charge is 2.19. The fourth-order valence-corrected chi connectivity index (χ4v) is 3.40. The van der Waals surface area contributed by atoms with Crippen LogP contribution in [-0.4, -0.2) is 56.1 Å². The van der Waals surface area contributed by atoms with Crippen molar-refractivity contribution < 1.29 is 14.3 Å². The van der Waals surface area contributed by atoms with Crippen LogP contribution >= 0.6 is 0 Å². The van der Waals surface area contributed by atoms with E-state index >= 15 is 0 Å². The first kappa shape index (κ1) is 19.2. The summed E-state index contributed by atoms with van der Waals surface area (Å²) in [7, 11) is 3.33. The summed E-state index contributed by atoms with van der Waals surface area (Å²) in [5.74, 6) is 1.89. The maximum Gasteiger partial charge on any atom is 0.227 e. The molecule has 0 unspecified atom stereocenters. The first-order chi connectivity index (χ1) is 13.2. The zero-order valence-corrected chi connectivity index (χ0v) is 16.2. The van der Waals surface area contributed by atoms with Crippen molar-refractivity contribution in [3.05, 3.63) is 59.7 Å². The molecule has 0 aromatic heterocycles. The fraction of sp³-hybridized carbons (Fsp3) is 0.409. The third kappa shape index (κ3) is 5.47. The van der Waals surface area contributed by atoms with Crippen LogP contribution in [0.3, 0.4) is 0 Å². The van der Waals surface area contributed by atoms with Crippen molar-refractivity contribution in [3.63, 3.8) is 0 Å². The van der Waals surface area contributed by atoms with Crippen molar-refractivity contribution in [3.8, 4) is 11.5 Å². The first-order valence-electron chi connectivity index (χ1n) is 9.44. The van der Waals surface area contributed by atoms with Crippen LogP contribution in [0.15, 0.2) is 48.5 Å². The molecule has 0 spiro atoms. The highest BCUT2D eigenvalue weighted by Crippen LogP contribution is 2.16. The van der Waals surface area contributed by atoms with E-state index < -0.39 is 0 Å². The first-order valence-corrected chi connectivity index (χ1v) is 9.44. The van der Waals surface area contributed by atoms with E-state index in [1.165, 1.54) is 5.56 Å². The molecule has 2 aromatic carbocycles. The summed E-state index contributed by atoms with van der Waals surface area (Å²) in [5.41, 5.74) is 2.30. The van der Waals surface area contributed by atoms with Crippen LogP contribution < -0.4 is 9.47 Å². The lowest BCUT2D eigenvalue weighted by atomic mass is 10.1. The standard InChI is InChI=1S/C22H28N2O3/c1-26-20-8-4-18(5-9-20)16-22(25)24-13-3-12-23(14-15-24)17-19-6-10-21(27-2)11-7-19/h4-11H,3,12-17H2,1-2H3. The van der Waals surface area contributed by atoms with Gasteiger partial charge in [-0.25, -0.2) is 0 Å². The third-order valence-corrected chi connectivity index (χ3v) is 5.02. The zero-order chi connectivity index (χ0) is 19.1. The van der Waals surface area contributed by atoms with Crippen molar-refractivity contribution in [1.82, 2.24) is 9.80 Å². The minimum absolute atomic E-state index is 0.200. The monoisotopic (exact) mass is 368 g/mol. The molecular formula is C22H28N2O3. The van der Waals surface area contributed by atoms with Crippen LogP contribution in [0.4, 0.5) is 0 Å². The smallest absolute Gasteiger partial charge is 0.227 e. The maximum absolute atomic E-state index is 12.7. The van der Waals surface area contributed by atoms with Gasteiger partial charge in [0, 0.05) is 32.7 Å². The quantitative estimate of drug-likeness (QED) is 0.786. The van der Waals surface area contributed by atoms with E-state index in [4.69, 9.17) is 9.47 Å². The van der Waals surface area contributed by atoms with E-state index in [1.807, 2.05) is 41.3 Å². The molecule has 1 amide bonds. The molecule has 3 rings (SSSR count). The van der Waals surface area contributed by atoms with Gasteiger partial charge in [-0.15, -0.1) is 0 Å². The Bertz CT molecular complexity index is 728. The second-order valence-electron chi connectivity index (χ2n) is 6.88. The Morgan fingerprint density at radius 1 is 0.815 bits per heavy atom. The molecule has 0 N–H and O–H groups in total. The molecule has 144 valence electrons. The molecule has 1 aliphatic rings. The summed E-state index contributed by atoms with van der Waals surface area (Å²) in [6, 6.07) is 15.9. The van der Waals surface area contributed by atoms with Crippen LogP contribution in [0.2, 0.25) is 0 Å². The predicted octanol–water partition coefficient (Wildman–Crippen LogP) is 2.98. The molecule has 2 aromatic rings. The zero-order valence-electron chi connectivity index (χ0n) is 16.2. The van der Waals surface area contributed by atoms with Gasteiger partial charge in [-0.3, -0.25) is 9.69 Å². The SMILES string of the molecule is COc1ccc(CC(=O)N2CCCN(Cc3ccc(OC)cc3)CC2)cc1. The van der Waals surface area contributed by atoms with E-state index in [0.29, 0.717) is 6.42 Å². The molecule has 1 fully saturated rings. The number of benzene rings is 2. The molecule has 0 atom stereocenters. The summed E-state index contributed by atoms with van der Waals surface area (Å²) in [4.78, 5) is 17.1. The molecular weight excluding hydrogens is 340 g/mol. The molecule has 1 heterocycles. The average Bonchev–Trinajstić information content (AvgIpc) is 2.95. The lowest BCUT2D eigenvalue weighted by Gasteiger charge is -2.22. The molecule has 27 heavy (non-hydrogen) atoms. The number of amides is 1. The van der Waals surface area contributed by atoms with Gasteiger partial charge in [0.25, 0.3) is 0 Å². The molecule has 1 aliphatic heterocycles. The van der Waals surface area contributed by atoms with Crippen molar-refractivity contribution in [2.75, 3.05) is 40.4 Å². The van der Waals surface area contributed by atoms with Gasteiger partial charge < -0.3 is 14.4 Å². The van der Waals surface area contributed by atoms with Crippen LogP contribution in [0.25, 0.3) is 0 Å². The van der Waals surface area contributed by atoms with E-state index in [-0.39, 0.29) is 5.91 Å². The summed E-state index contributed by atoms with van der Waals surface area (Å²) in [6.45, 7) is 4.43. The van der Waals surface area contributed by atoms with Crippen LogP contribution in [0, 0.1) is 0 Å². The molecule has 0 aliphatic carbocycles. The number of methoxy groups -OCH3 is 2. The average molecular weight is 368 g/mol. The normalized spacial score (nSPS) is 15.3. The van der Waals surface area contributed by atoms with Gasteiger partial charge in [0.1, 0.15) is 11.5 Å². The molecule has 1 saturated heterocycles. The topological polar surface area (TPSA) is 42.0 Å². The maximum atomic E-state index is 12.7. The van der Waals surface area contributed by atoms with E-state index in [0.717, 1.165) is 56.2 Å². The minimum atomic E-state index is 0.200. The largest absolute Gasteiger partial charge is 0.497 e. The predicted molar refractivity (Wildman–Crippen MR) is 106 cm³/mol. The van der Waals surface area contributed by atoms with Gasteiger partial charge in [-0.05, 0) is 41.8 Å². The van der Waals surface area contributed by atoms with Gasteiger partial charge in [0.05, 0.1) is 20.6 Å². The van der Waals surface area contributed by atoms with Gasteiger partial charge in [0.2, 0.25) is 5.91 Å². The number of hydrogen-bond donors (Lipinski definition) is 0. The van der Waals surface area contributed by atoms with E-state index in [2.05, 4.69) is 17.0 Å².